The average molecular weight is 498 g/mol. The number of methoxy groups -OCH3 is 1. The Balaban J connectivity index is 2.17. The van der Waals surface area contributed by atoms with Crippen molar-refractivity contribution in [2.45, 2.75) is 38.1 Å². The Hall–Kier alpha value is -2.82. The molecule has 9 nitrogen and oxygen atoms in total. The first kappa shape index (κ1) is 26.4. The molecule has 0 aromatic heterocycles. The highest BCUT2D eigenvalue weighted by molar-refractivity contribution is 7.89. The molecule has 180 valence electrons. The number of hydrogen-bond acceptors (Lipinski definition) is 6. The molecule has 0 heterocycles. The summed E-state index contributed by atoms with van der Waals surface area (Å²) in [6, 6.07) is 8.13. The molecule has 2 amide bonds. The molecule has 33 heavy (non-hydrogen) atoms. The Bertz CT molecular complexity index is 1120. The highest BCUT2D eigenvalue weighted by atomic mass is 35.5. The van der Waals surface area contributed by atoms with Crippen LogP contribution in [0.15, 0.2) is 41.3 Å². The molecule has 2 aromatic carbocycles. The van der Waals surface area contributed by atoms with E-state index in [0.29, 0.717) is 18.1 Å². The van der Waals surface area contributed by atoms with E-state index >= 15 is 0 Å². The number of carbonyl (C=O) groups is 2. The fourth-order valence-electron chi connectivity index (χ4n) is 2.68. The molecule has 2 N–H and O–H groups in total. The van der Waals surface area contributed by atoms with Crippen LogP contribution in [0.3, 0.4) is 0 Å². The predicted molar refractivity (Wildman–Crippen MR) is 125 cm³/mol. The Morgan fingerprint density at radius 1 is 1.06 bits per heavy atom. The molecule has 0 saturated heterocycles. The number of halogens is 1. The SMILES string of the molecule is CCCOc1ccc(C(=O)NNC(=O)c2cc(S(=O)(=O)N(C)C(C)C)ccc2Cl)cc1OC. The van der Waals surface area contributed by atoms with Gasteiger partial charge in [0.15, 0.2) is 11.5 Å². The zero-order chi connectivity index (χ0) is 24.8. The Morgan fingerprint density at radius 2 is 1.73 bits per heavy atom. The molecule has 2 aromatic rings. The molecule has 0 aliphatic rings. The molecule has 0 atom stereocenters. The van der Waals surface area contributed by atoms with Gasteiger partial charge < -0.3 is 9.47 Å². The van der Waals surface area contributed by atoms with Crippen LogP contribution >= 0.6 is 11.6 Å². The van der Waals surface area contributed by atoms with Gasteiger partial charge in [0.2, 0.25) is 10.0 Å². The number of carbonyl (C=O) groups excluding carboxylic acids is 2. The van der Waals surface area contributed by atoms with Crippen LogP contribution in [-0.4, -0.2) is 51.3 Å². The zero-order valence-corrected chi connectivity index (χ0v) is 20.7. The number of hydrogen-bond donors (Lipinski definition) is 2. The summed E-state index contributed by atoms with van der Waals surface area (Å²) in [5, 5.41) is 0.0343. The van der Waals surface area contributed by atoms with Gasteiger partial charge in [0.1, 0.15) is 0 Å². The fourth-order valence-corrected chi connectivity index (χ4v) is 4.27. The van der Waals surface area contributed by atoms with Gasteiger partial charge in [-0.2, -0.15) is 4.31 Å². The number of ether oxygens (including phenoxy) is 2. The van der Waals surface area contributed by atoms with E-state index in [1.54, 1.807) is 19.9 Å². The van der Waals surface area contributed by atoms with E-state index in [-0.39, 0.29) is 27.1 Å². The summed E-state index contributed by atoms with van der Waals surface area (Å²) in [6.45, 7) is 5.93. The first-order chi connectivity index (χ1) is 15.5. The summed E-state index contributed by atoms with van der Waals surface area (Å²) in [7, 11) is -0.921. The Kier molecular flexibility index (Phi) is 9.09. The normalized spacial score (nSPS) is 11.4. The summed E-state index contributed by atoms with van der Waals surface area (Å²) in [5.41, 5.74) is 4.65. The second kappa shape index (κ2) is 11.4. The lowest BCUT2D eigenvalue weighted by Crippen LogP contribution is -2.41. The van der Waals surface area contributed by atoms with E-state index in [0.717, 1.165) is 6.42 Å². The second-order valence-corrected chi connectivity index (χ2v) is 9.78. The van der Waals surface area contributed by atoms with Gasteiger partial charge in [-0.15, -0.1) is 0 Å². The summed E-state index contributed by atoms with van der Waals surface area (Å²) < 4.78 is 37.4. The summed E-state index contributed by atoms with van der Waals surface area (Å²) in [5.74, 6) is -0.510. The van der Waals surface area contributed by atoms with E-state index in [2.05, 4.69) is 10.9 Å². The van der Waals surface area contributed by atoms with Crippen molar-refractivity contribution in [2.24, 2.45) is 0 Å². The van der Waals surface area contributed by atoms with Crippen LogP contribution in [0.1, 0.15) is 47.9 Å². The molecule has 0 fully saturated rings. The molecule has 11 heteroatoms. The van der Waals surface area contributed by atoms with Gasteiger partial charge in [0, 0.05) is 18.7 Å². The van der Waals surface area contributed by atoms with Crippen LogP contribution < -0.4 is 20.3 Å². The maximum atomic E-state index is 12.7. The summed E-state index contributed by atoms with van der Waals surface area (Å²) in [4.78, 5) is 25.0. The van der Waals surface area contributed by atoms with Crippen molar-refractivity contribution >= 4 is 33.4 Å². The van der Waals surface area contributed by atoms with Crippen molar-refractivity contribution in [3.05, 3.63) is 52.5 Å². The van der Waals surface area contributed by atoms with Crippen LogP contribution in [-0.2, 0) is 10.0 Å². The van der Waals surface area contributed by atoms with Gasteiger partial charge in [-0.1, -0.05) is 18.5 Å². The predicted octanol–water partition coefficient (Wildman–Crippen LogP) is 3.24. The number of amides is 2. The van der Waals surface area contributed by atoms with Crippen LogP contribution in [0.2, 0.25) is 5.02 Å². The first-order valence-corrected chi connectivity index (χ1v) is 12.0. The van der Waals surface area contributed by atoms with Gasteiger partial charge in [-0.05, 0) is 56.7 Å². The number of nitrogens with one attached hydrogen (secondary N) is 2. The van der Waals surface area contributed by atoms with Crippen molar-refractivity contribution < 1.29 is 27.5 Å². The van der Waals surface area contributed by atoms with E-state index < -0.39 is 21.8 Å². The average Bonchev–Trinajstić information content (AvgIpc) is 2.80. The third kappa shape index (κ3) is 6.37. The lowest BCUT2D eigenvalue weighted by atomic mass is 10.2. The maximum Gasteiger partial charge on any atom is 0.271 e. The topological polar surface area (TPSA) is 114 Å². The van der Waals surface area contributed by atoms with Crippen LogP contribution in [0, 0.1) is 0 Å². The fraction of sp³-hybridized carbons (Fsp3) is 0.364. The highest BCUT2D eigenvalue weighted by Crippen LogP contribution is 2.28. The molecule has 0 aliphatic carbocycles. The number of rotatable bonds is 9. The van der Waals surface area contributed by atoms with Crippen molar-refractivity contribution in [3.63, 3.8) is 0 Å². The largest absolute Gasteiger partial charge is 0.493 e. The number of sulfonamides is 1. The molecule has 0 spiro atoms. The Labute approximate surface area is 199 Å². The number of benzene rings is 2. The number of hydrazine groups is 1. The third-order valence-electron chi connectivity index (χ3n) is 4.76. The second-order valence-electron chi connectivity index (χ2n) is 7.38. The lowest BCUT2D eigenvalue weighted by molar-refractivity contribution is 0.0846. The van der Waals surface area contributed by atoms with Crippen LogP contribution in [0.4, 0.5) is 0 Å². The number of nitrogens with zero attached hydrogens (tertiary/aromatic N) is 1. The first-order valence-electron chi connectivity index (χ1n) is 10.2. The highest BCUT2D eigenvalue weighted by Gasteiger charge is 2.25. The smallest absolute Gasteiger partial charge is 0.271 e. The van der Waals surface area contributed by atoms with Gasteiger partial charge >= 0.3 is 0 Å². The molecule has 0 radical (unpaired) electrons. The summed E-state index contributed by atoms with van der Waals surface area (Å²) in [6.07, 6.45) is 0.816. The standard InChI is InChI=1S/C22H28ClN3O6S/c1-6-11-32-19-10-7-15(12-20(19)31-5)21(27)24-25-22(28)17-13-16(8-9-18(17)23)33(29,30)26(4)14(2)3/h7-10,12-14H,6,11H2,1-5H3,(H,24,27)(H,25,28). The Morgan fingerprint density at radius 3 is 2.33 bits per heavy atom. The molecule has 0 saturated carbocycles. The van der Waals surface area contributed by atoms with Gasteiger partial charge in [0.25, 0.3) is 11.8 Å². The minimum absolute atomic E-state index is 0.0343. The van der Waals surface area contributed by atoms with E-state index in [1.165, 1.54) is 48.8 Å². The van der Waals surface area contributed by atoms with Crippen LogP contribution in [0.5, 0.6) is 11.5 Å². The summed E-state index contributed by atoms with van der Waals surface area (Å²) >= 11 is 6.10. The van der Waals surface area contributed by atoms with Gasteiger partial charge in [-0.3, -0.25) is 20.4 Å². The maximum absolute atomic E-state index is 12.7. The molecular weight excluding hydrogens is 470 g/mol. The van der Waals surface area contributed by atoms with E-state index in [4.69, 9.17) is 21.1 Å². The van der Waals surface area contributed by atoms with E-state index in [1.807, 2.05) is 6.92 Å². The van der Waals surface area contributed by atoms with Crippen molar-refractivity contribution in [2.75, 3.05) is 20.8 Å². The van der Waals surface area contributed by atoms with E-state index in [9.17, 15) is 18.0 Å². The minimum atomic E-state index is -3.82. The lowest BCUT2D eigenvalue weighted by Gasteiger charge is -2.21. The van der Waals surface area contributed by atoms with Gasteiger partial charge in [-0.25, -0.2) is 8.42 Å². The van der Waals surface area contributed by atoms with Gasteiger partial charge in [0.05, 0.1) is 29.2 Å². The van der Waals surface area contributed by atoms with Crippen LogP contribution in [0.25, 0.3) is 0 Å². The van der Waals surface area contributed by atoms with Crippen molar-refractivity contribution in [3.8, 4) is 11.5 Å². The van der Waals surface area contributed by atoms with Crippen molar-refractivity contribution in [1.82, 2.24) is 15.2 Å². The van der Waals surface area contributed by atoms with Crippen molar-refractivity contribution in [1.29, 1.82) is 0 Å². The zero-order valence-electron chi connectivity index (χ0n) is 19.1. The third-order valence-corrected chi connectivity index (χ3v) is 7.12. The molecule has 2 rings (SSSR count). The molecular formula is C22H28ClN3O6S. The molecule has 0 bridgehead atoms. The monoisotopic (exact) mass is 497 g/mol. The molecule has 0 aliphatic heterocycles. The minimum Gasteiger partial charge on any atom is -0.493 e. The molecule has 0 unspecified atom stereocenters. The quantitative estimate of drug-likeness (QED) is 0.514.